The zero-order valence-corrected chi connectivity index (χ0v) is 12.2. The van der Waals surface area contributed by atoms with Crippen LogP contribution in [-0.4, -0.2) is 18.2 Å². The SMILES string of the molecule is COc1cccc(CC(CCc2ccsc2)C(=O)O)c1. The summed E-state index contributed by atoms with van der Waals surface area (Å²) in [6.45, 7) is 0. The maximum Gasteiger partial charge on any atom is 0.306 e. The number of rotatable bonds is 7. The summed E-state index contributed by atoms with van der Waals surface area (Å²) in [6.07, 6.45) is 2.00. The van der Waals surface area contributed by atoms with Gasteiger partial charge < -0.3 is 9.84 Å². The van der Waals surface area contributed by atoms with Crippen molar-refractivity contribution in [3.63, 3.8) is 0 Å². The number of hydrogen-bond acceptors (Lipinski definition) is 3. The fourth-order valence-corrected chi connectivity index (χ4v) is 2.88. The van der Waals surface area contributed by atoms with E-state index >= 15 is 0 Å². The van der Waals surface area contributed by atoms with Crippen LogP contribution in [0.25, 0.3) is 0 Å². The number of carbonyl (C=O) groups is 1. The molecule has 0 aliphatic rings. The van der Waals surface area contributed by atoms with Crippen LogP contribution in [0.3, 0.4) is 0 Å². The predicted molar refractivity (Wildman–Crippen MR) is 80.5 cm³/mol. The van der Waals surface area contributed by atoms with Crippen molar-refractivity contribution in [1.29, 1.82) is 0 Å². The third kappa shape index (κ3) is 4.10. The number of benzene rings is 1. The molecule has 106 valence electrons. The van der Waals surface area contributed by atoms with E-state index in [4.69, 9.17) is 4.74 Å². The smallest absolute Gasteiger partial charge is 0.306 e. The Bertz CT molecular complexity index is 549. The van der Waals surface area contributed by atoms with E-state index in [2.05, 4.69) is 11.4 Å². The lowest BCUT2D eigenvalue weighted by molar-refractivity contribution is -0.141. The number of aryl methyl sites for hydroxylation is 1. The Hall–Kier alpha value is -1.81. The maximum atomic E-state index is 11.4. The van der Waals surface area contributed by atoms with Crippen LogP contribution in [0.1, 0.15) is 17.5 Å². The topological polar surface area (TPSA) is 46.5 Å². The van der Waals surface area contributed by atoms with Gasteiger partial charge in [0.25, 0.3) is 0 Å². The minimum atomic E-state index is -0.733. The van der Waals surface area contributed by atoms with Crippen molar-refractivity contribution in [2.75, 3.05) is 7.11 Å². The van der Waals surface area contributed by atoms with Crippen LogP contribution in [0.5, 0.6) is 5.75 Å². The molecule has 0 aliphatic heterocycles. The van der Waals surface area contributed by atoms with E-state index in [1.54, 1.807) is 18.4 Å². The summed E-state index contributed by atoms with van der Waals surface area (Å²) in [6, 6.07) is 9.66. The molecule has 20 heavy (non-hydrogen) atoms. The fraction of sp³-hybridized carbons (Fsp3) is 0.312. The van der Waals surface area contributed by atoms with E-state index in [-0.39, 0.29) is 5.92 Å². The molecular formula is C16H18O3S. The molecule has 1 aromatic heterocycles. The predicted octanol–water partition coefficient (Wildman–Crippen LogP) is 3.63. The van der Waals surface area contributed by atoms with E-state index in [1.165, 1.54) is 5.56 Å². The highest BCUT2D eigenvalue weighted by atomic mass is 32.1. The van der Waals surface area contributed by atoms with Gasteiger partial charge in [-0.05, 0) is 59.3 Å². The molecule has 0 spiro atoms. The summed E-state index contributed by atoms with van der Waals surface area (Å²) in [4.78, 5) is 11.4. The fourth-order valence-electron chi connectivity index (χ4n) is 2.17. The zero-order valence-electron chi connectivity index (χ0n) is 11.4. The second kappa shape index (κ2) is 7.10. The van der Waals surface area contributed by atoms with Gasteiger partial charge in [0.15, 0.2) is 0 Å². The van der Waals surface area contributed by atoms with Gasteiger partial charge in [-0.25, -0.2) is 0 Å². The first-order valence-corrected chi connectivity index (χ1v) is 7.50. The lowest BCUT2D eigenvalue weighted by Gasteiger charge is -2.12. The largest absolute Gasteiger partial charge is 0.497 e. The molecule has 3 nitrogen and oxygen atoms in total. The van der Waals surface area contributed by atoms with Gasteiger partial charge in [0.1, 0.15) is 5.75 Å². The Labute approximate surface area is 122 Å². The van der Waals surface area contributed by atoms with Gasteiger partial charge >= 0.3 is 5.97 Å². The van der Waals surface area contributed by atoms with Crippen molar-refractivity contribution >= 4 is 17.3 Å². The monoisotopic (exact) mass is 290 g/mol. The Morgan fingerprint density at radius 3 is 2.85 bits per heavy atom. The summed E-state index contributed by atoms with van der Waals surface area (Å²) in [7, 11) is 1.62. The average molecular weight is 290 g/mol. The molecule has 0 saturated heterocycles. The minimum Gasteiger partial charge on any atom is -0.497 e. The highest BCUT2D eigenvalue weighted by Gasteiger charge is 2.18. The number of carboxylic acids is 1. The lowest BCUT2D eigenvalue weighted by Crippen LogP contribution is -2.17. The lowest BCUT2D eigenvalue weighted by atomic mass is 9.93. The van der Waals surface area contributed by atoms with Gasteiger partial charge in [-0.3, -0.25) is 4.79 Å². The Morgan fingerprint density at radius 1 is 1.35 bits per heavy atom. The first-order chi connectivity index (χ1) is 9.69. The number of hydrogen-bond donors (Lipinski definition) is 1. The molecule has 0 radical (unpaired) electrons. The number of aliphatic carboxylic acids is 1. The molecule has 0 fully saturated rings. The number of carboxylic acid groups (broad SMARTS) is 1. The van der Waals surface area contributed by atoms with Crippen molar-refractivity contribution in [1.82, 2.24) is 0 Å². The van der Waals surface area contributed by atoms with E-state index in [9.17, 15) is 9.90 Å². The van der Waals surface area contributed by atoms with Crippen molar-refractivity contribution < 1.29 is 14.6 Å². The first kappa shape index (κ1) is 14.6. The van der Waals surface area contributed by atoms with Gasteiger partial charge in [-0.2, -0.15) is 11.3 Å². The Morgan fingerprint density at radius 2 is 2.20 bits per heavy atom. The molecule has 2 rings (SSSR count). The van der Waals surface area contributed by atoms with E-state index in [0.29, 0.717) is 12.8 Å². The van der Waals surface area contributed by atoms with Gasteiger partial charge in [0.2, 0.25) is 0 Å². The van der Waals surface area contributed by atoms with Crippen LogP contribution in [0, 0.1) is 5.92 Å². The molecule has 0 saturated carbocycles. The normalized spacial score (nSPS) is 12.1. The summed E-state index contributed by atoms with van der Waals surface area (Å²) >= 11 is 1.64. The van der Waals surface area contributed by atoms with E-state index in [0.717, 1.165) is 17.7 Å². The van der Waals surface area contributed by atoms with Crippen LogP contribution >= 0.6 is 11.3 Å². The van der Waals surface area contributed by atoms with Crippen LogP contribution in [0.15, 0.2) is 41.1 Å². The zero-order chi connectivity index (χ0) is 14.4. The van der Waals surface area contributed by atoms with Gasteiger partial charge in [-0.1, -0.05) is 12.1 Å². The van der Waals surface area contributed by atoms with Crippen LogP contribution in [-0.2, 0) is 17.6 Å². The number of ether oxygens (including phenoxy) is 1. The maximum absolute atomic E-state index is 11.4. The molecule has 1 N–H and O–H groups in total. The van der Waals surface area contributed by atoms with Crippen molar-refractivity contribution in [3.8, 4) is 5.75 Å². The molecule has 2 aromatic rings. The molecule has 1 atom stereocenters. The van der Waals surface area contributed by atoms with E-state index in [1.807, 2.05) is 29.6 Å². The Kier molecular flexibility index (Phi) is 5.18. The van der Waals surface area contributed by atoms with Gasteiger partial charge in [0.05, 0.1) is 13.0 Å². The highest BCUT2D eigenvalue weighted by Crippen LogP contribution is 2.20. The van der Waals surface area contributed by atoms with E-state index < -0.39 is 5.97 Å². The molecule has 1 heterocycles. The molecule has 1 aromatic carbocycles. The summed E-state index contributed by atoms with van der Waals surface area (Å²) in [5.74, 6) is -0.325. The molecular weight excluding hydrogens is 272 g/mol. The molecule has 0 amide bonds. The van der Waals surface area contributed by atoms with Gasteiger partial charge in [-0.15, -0.1) is 0 Å². The first-order valence-electron chi connectivity index (χ1n) is 6.56. The molecule has 1 unspecified atom stereocenters. The van der Waals surface area contributed by atoms with Crippen molar-refractivity contribution in [3.05, 3.63) is 52.2 Å². The third-order valence-corrected chi connectivity index (χ3v) is 4.06. The molecule has 0 aliphatic carbocycles. The summed E-state index contributed by atoms with van der Waals surface area (Å²) in [5, 5.41) is 13.5. The molecule has 0 bridgehead atoms. The second-order valence-electron chi connectivity index (χ2n) is 4.76. The third-order valence-electron chi connectivity index (χ3n) is 3.33. The highest BCUT2D eigenvalue weighted by molar-refractivity contribution is 7.07. The van der Waals surface area contributed by atoms with Gasteiger partial charge in [0, 0.05) is 0 Å². The molecule has 4 heteroatoms. The quantitative estimate of drug-likeness (QED) is 0.847. The van der Waals surface area contributed by atoms with Crippen molar-refractivity contribution in [2.45, 2.75) is 19.3 Å². The Balaban J connectivity index is 1.99. The average Bonchev–Trinajstić information content (AvgIpc) is 2.96. The summed E-state index contributed by atoms with van der Waals surface area (Å²) < 4.78 is 5.17. The summed E-state index contributed by atoms with van der Waals surface area (Å²) in [5.41, 5.74) is 2.22. The minimum absolute atomic E-state index is 0.359. The van der Waals surface area contributed by atoms with Crippen LogP contribution < -0.4 is 4.74 Å². The number of thiophene rings is 1. The van der Waals surface area contributed by atoms with Crippen LogP contribution in [0.2, 0.25) is 0 Å². The van der Waals surface area contributed by atoms with Crippen LogP contribution in [0.4, 0.5) is 0 Å². The second-order valence-corrected chi connectivity index (χ2v) is 5.54. The van der Waals surface area contributed by atoms with Crippen molar-refractivity contribution in [2.24, 2.45) is 5.92 Å². The standard InChI is InChI=1S/C16H18O3S/c1-19-15-4-2-3-13(10-15)9-14(16(17)18)6-5-12-7-8-20-11-12/h2-4,7-8,10-11,14H,5-6,9H2,1H3,(H,17,18). The number of methoxy groups -OCH3 is 1.